The van der Waals surface area contributed by atoms with Crippen LogP contribution in [0.15, 0.2) is 23.4 Å². The first-order valence-corrected chi connectivity index (χ1v) is 6.18. The second-order valence-electron chi connectivity index (χ2n) is 4.62. The summed E-state index contributed by atoms with van der Waals surface area (Å²) in [5, 5.41) is 16.0. The van der Waals surface area contributed by atoms with Crippen LogP contribution in [-0.4, -0.2) is 11.1 Å². The maximum Gasteiger partial charge on any atom is 0.120 e. The third-order valence-electron chi connectivity index (χ3n) is 3.35. The highest BCUT2D eigenvalue weighted by molar-refractivity contribution is 5.46. The summed E-state index contributed by atoms with van der Waals surface area (Å²) in [6.45, 7) is 0.597. The van der Waals surface area contributed by atoms with Crippen molar-refractivity contribution in [2.45, 2.75) is 44.7 Å². The van der Waals surface area contributed by atoms with E-state index in [1.54, 1.807) is 6.07 Å². The van der Waals surface area contributed by atoms with Crippen molar-refractivity contribution in [3.63, 3.8) is 0 Å². The van der Waals surface area contributed by atoms with Gasteiger partial charge in [0.15, 0.2) is 0 Å². The summed E-state index contributed by atoms with van der Waals surface area (Å²) in [5.74, 6) is 0.223. The number of hydrogen-bond acceptors (Lipinski definition) is 4. The van der Waals surface area contributed by atoms with Crippen LogP contribution in [0.1, 0.15) is 37.7 Å². The van der Waals surface area contributed by atoms with Gasteiger partial charge < -0.3 is 10.4 Å². The average Bonchev–Trinajstić information content (AvgIpc) is 2.39. The Morgan fingerprint density at radius 2 is 2.06 bits per heavy atom. The lowest BCUT2D eigenvalue weighted by molar-refractivity contribution is 0.369. The molecular weight excluding hydrogens is 216 g/mol. The van der Waals surface area contributed by atoms with Crippen LogP contribution in [0.25, 0.3) is 0 Å². The second kappa shape index (κ2) is 5.77. The number of nitrogens with one attached hydrogen (secondary N) is 1. The molecule has 1 aromatic carbocycles. The number of benzene rings is 1. The largest absolute Gasteiger partial charge is 0.508 e. The van der Waals surface area contributed by atoms with Crippen LogP contribution in [0.5, 0.6) is 5.75 Å². The van der Waals surface area contributed by atoms with E-state index in [0.29, 0.717) is 18.3 Å². The van der Waals surface area contributed by atoms with E-state index in [0.717, 1.165) is 5.56 Å². The first-order valence-electron chi connectivity index (χ1n) is 6.18. The number of rotatable bonds is 4. The molecule has 4 heteroatoms. The zero-order valence-electron chi connectivity index (χ0n) is 9.85. The van der Waals surface area contributed by atoms with Gasteiger partial charge in [0.05, 0.1) is 0 Å². The van der Waals surface area contributed by atoms with Crippen molar-refractivity contribution < 1.29 is 5.11 Å². The van der Waals surface area contributed by atoms with E-state index in [-0.39, 0.29) is 5.75 Å². The molecule has 1 aliphatic carbocycles. The molecule has 0 saturated heterocycles. The summed E-state index contributed by atoms with van der Waals surface area (Å²) >= 11 is 0. The highest BCUT2D eigenvalue weighted by atomic mass is 16.3. The van der Waals surface area contributed by atoms with Crippen molar-refractivity contribution >= 4 is 5.69 Å². The molecule has 0 aromatic heterocycles. The highest BCUT2D eigenvalue weighted by Crippen LogP contribution is 2.24. The standard InChI is InChI=1S/C13H18N2O2/c16-13-7-6-12(15-17)8-10(13)9-14-11-4-2-1-3-5-11/h6-8,11,14,16H,1-5,9H2. The van der Waals surface area contributed by atoms with Gasteiger partial charge in [-0.3, -0.25) is 0 Å². The first-order chi connectivity index (χ1) is 8.29. The molecule has 0 atom stereocenters. The Bertz CT molecular complexity index is 387. The molecule has 92 valence electrons. The molecule has 0 amide bonds. The van der Waals surface area contributed by atoms with E-state index in [1.165, 1.54) is 44.2 Å². The van der Waals surface area contributed by atoms with Gasteiger partial charge in [-0.15, -0.1) is 4.91 Å². The molecule has 0 aliphatic heterocycles. The molecule has 1 aliphatic rings. The zero-order chi connectivity index (χ0) is 12.1. The molecule has 1 aromatic rings. The topological polar surface area (TPSA) is 61.7 Å². The van der Waals surface area contributed by atoms with Gasteiger partial charge in [-0.05, 0) is 36.2 Å². The molecule has 17 heavy (non-hydrogen) atoms. The Hall–Kier alpha value is -1.42. The van der Waals surface area contributed by atoms with Crippen LogP contribution in [0.4, 0.5) is 5.69 Å². The zero-order valence-corrected chi connectivity index (χ0v) is 9.85. The first kappa shape index (κ1) is 12.0. The molecule has 2 rings (SSSR count). The van der Waals surface area contributed by atoms with E-state index in [1.807, 2.05) is 0 Å². The van der Waals surface area contributed by atoms with Crippen molar-refractivity contribution in [2.75, 3.05) is 0 Å². The van der Waals surface area contributed by atoms with Crippen molar-refractivity contribution in [1.82, 2.24) is 5.32 Å². The van der Waals surface area contributed by atoms with Crippen molar-refractivity contribution in [2.24, 2.45) is 5.18 Å². The molecular formula is C13H18N2O2. The monoisotopic (exact) mass is 234 g/mol. The third kappa shape index (κ3) is 3.27. The van der Waals surface area contributed by atoms with Crippen LogP contribution in [0.2, 0.25) is 0 Å². The van der Waals surface area contributed by atoms with Gasteiger partial charge in [0.2, 0.25) is 0 Å². The number of hydrogen-bond donors (Lipinski definition) is 2. The Kier molecular flexibility index (Phi) is 4.09. The summed E-state index contributed by atoms with van der Waals surface area (Å²) < 4.78 is 0. The summed E-state index contributed by atoms with van der Waals surface area (Å²) in [5.41, 5.74) is 1.11. The summed E-state index contributed by atoms with van der Waals surface area (Å²) in [7, 11) is 0. The van der Waals surface area contributed by atoms with E-state index < -0.39 is 0 Å². The fraction of sp³-hybridized carbons (Fsp3) is 0.538. The predicted octanol–water partition coefficient (Wildman–Crippen LogP) is 3.21. The van der Waals surface area contributed by atoms with Gasteiger partial charge >= 0.3 is 0 Å². The van der Waals surface area contributed by atoms with Gasteiger partial charge in [0.25, 0.3) is 0 Å². The van der Waals surface area contributed by atoms with Crippen LogP contribution in [0.3, 0.4) is 0 Å². The molecule has 1 fully saturated rings. The van der Waals surface area contributed by atoms with Crippen LogP contribution in [0, 0.1) is 4.91 Å². The summed E-state index contributed by atoms with van der Waals surface area (Å²) in [4.78, 5) is 10.4. The Balaban J connectivity index is 1.95. The van der Waals surface area contributed by atoms with Gasteiger partial charge in [-0.25, -0.2) is 0 Å². The number of phenolic OH excluding ortho intramolecular Hbond substituents is 1. The fourth-order valence-electron chi connectivity index (χ4n) is 2.33. The fourth-order valence-corrected chi connectivity index (χ4v) is 2.33. The van der Waals surface area contributed by atoms with E-state index in [4.69, 9.17) is 0 Å². The van der Waals surface area contributed by atoms with Crippen molar-refractivity contribution in [3.05, 3.63) is 28.7 Å². The minimum Gasteiger partial charge on any atom is -0.508 e. The maximum absolute atomic E-state index is 10.4. The van der Waals surface area contributed by atoms with Crippen LogP contribution in [-0.2, 0) is 6.54 Å². The number of aromatic hydroxyl groups is 1. The molecule has 0 bridgehead atoms. The third-order valence-corrected chi connectivity index (χ3v) is 3.35. The second-order valence-corrected chi connectivity index (χ2v) is 4.62. The molecule has 0 unspecified atom stereocenters. The molecule has 0 heterocycles. The predicted molar refractivity (Wildman–Crippen MR) is 67.3 cm³/mol. The molecule has 0 radical (unpaired) electrons. The molecule has 2 N–H and O–H groups in total. The van der Waals surface area contributed by atoms with E-state index >= 15 is 0 Å². The quantitative estimate of drug-likeness (QED) is 0.786. The molecule has 0 spiro atoms. The van der Waals surface area contributed by atoms with Crippen LogP contribution >= 0.6 is 0 Å². The smallest absolute Gasteiger partial charge is 0.120 e. The molecule has 1 saturated carbocycles. The average molecular weight is 234 g/mol. The summed E-state index contributed by atoms with van der Waals surface area (Å²) in [6.07, 6.45) is 6.28. The molecule has 4 nitrogen and oxygen atoms in total. The highest BCUT2D eigenvalue weighted by Gasteiger charge is 2.13. The van der Waals surface area contributed by atoms with Crippen LogP contribution < -0.4 is 5.32 Å². The Labute approximate surface area is 101 Å². The van der Waals surface area contributed by atoms with Crippen molar-refractivity contribution in [3.8, 4) is 5.75 Å². The number of phenols is 1. The van der Waals surface area contributed by atoms with Gasteiger partial charge in [-0.2, -0.15) is 0 Å². The SMILES string of the molecule is O=Nc1ccc(O)c(CNC2CCCCC2)c1. The lowest BCUT2D eigenvalue weighted by Gasteiger charge is -2.23. The number of nitrogens with zero attached hydrogens (tertiary/aromatic N) is 1. The van der Waals surface area contributed by atoms with Gasteiger partial charge in [0.1, 0.15) is 11.4 Å². The van der Waals surface area contributed by atoms with E-state index in [2.05, 4.69) is 10.5 Å². The Morgan fingerprint density at radius 1 is 1.29 bits per heavy atom. The minimum atomic E-state index is 0.223. The Morgan fingerprint density at radius 3 is 2.76 bits per heavy atom. The lowest BCUT2D eigenvalue weighted by atomic mass is 9.95. The van der Waals surface area contributed by atoms with E-state index in [9.17, 15) is 10.0 Å². The van der Waals surface area contributed by atoms with Gasteiger partial charge in [0, 0.05) is 18.2 Å². The van der Waals surface area contributed by atoms with Gasteiger partial charge in [-0.1, -0.05) is 19.3 Å². The maximum atomic E-state index is 10.4. The summed E-state index contributed by atoms with van der Waals surface area (Å²) in [6, 6.07) is 5.22. The normalized spacial score (nSPS) is 16.9. The van der Waals surface area contributed by atoms with Crippen molar-refractivity contribution in [1.29, 1.82) is 0 Å². The lowest BCUT2D eigenvalue weighted by Crippen LogP contribution is -2.30. The minimum absolute atomic E-state index is 0.223. The number of nitroso groups, excluding NO2 is 1.